The van der Waals surface area contributed by atoms with Crippen LogP contribution in [0.1, 0.15) is 86.5 Å². The number of carbonyl (C=O) groups excluding carboxylic acids is 3. The number of piperidine rings is 1. The van der Waals surface area contributed by atoms with Gasteiger partial charge in [0, 0.05) is 19.2 Å². The Labute approximate surface area is 208 Å². The van der Waals surface area contributed by atoms with Crippen LogP contribution in [0.4, 0.5) is 0 Å². The molecule has 3 amide bonds. The van der Waals surface area contributed by atoms with Crippen molar-refractivity contribution in [3.63, 3.8) is 0 Å². The summed E-state index contributed by atoms with van der Waals surface area (Å²) in [5, 5.41) is 6.03. The van der Waals surface area contributed by atoms with E-state index in [1.54, 1.807) is 18.9 Å². The quantitative estimate of drug-likeness (QED) is 0.312. The van der Waals surface area contributed by atoms with Crippen molar-refractivity contribution in [1.82, 2.24) is 20.4 Å². The number of unbranched alkanes of at least 4 members (excludes halogenated alkanes) is 3. The van der Waals surface area contributed by atoms with Crippen LogP contribution in [0.3, 0.4) is 0 Å². The van der Waals surface area contributed by atoms with Crippen molar-refractivity contribution in [3.8, 4) is 0 Å². The van der Waals surface area contributed by atoms with Crippen LogP contribution in [-0.4, -0.2) is 72.8 Å². The minimum Gasteiger partial charge on any atom is -0.352 e. The van der Waals surface area contributed by atoms with Crippen LogP contribution in [-0.2, 0) is 14.4 Å². The van der Waals surface area contributed by atoms with E-state index in [-0.39, 0.29) is 41.6 Å². The SMILES string of the molecule is CCCCCCNC(=O)/C(C)=C/[C@H](C(C)C)N(C)C(=O)[C@@H](NC(=O)[C@H]1CCCCN1C)C(C)C. The standard InChI is InChI=1S/C27H50N4O3/c1-9-10-11-13-16-28-25(32)21(6)18-23(19(2)3)31(8)27(34)24(20(4)5)29-26(33)22-15-12-14-17-30(22)7/h18-20,22-24H,9-17H2,1-8H3,(H,28,32)(H,29,33)/b21-18+/t22-,23-,24+/m1/s1. The summed E-state index contributed by atoms with van der Waals surface area (Å²) in [6.45, 7) is 13.5. The first-order valence-corrected chi connectivity index (χ1v) is 13.2. The number of likely N-dealkylation sites (N-methyl/N-ethyl adjacent to an activating group) is 2. The highest BCUT2D eigenvalue weighted by molar-refractivity contribution is 5.93. The average Bonchev–Trinajstić information content (AvgIpc) is 2.79. The van der Waals surface area contributed by atoms with E-state index in [0.717, 1.165) is 38.6 Å². The van der Waals surface area contributed by atoms with Crippen molar-refractivity contribution in [2.24, 2.45) is 11.8 Å². The Morgan fingerprint density at radius 1 is 1.06 bits per heavy atom. The summed E-state index contributed by atoms with van der Waals surface area (Å²) in [6, 6.07) is -1.03. The van der Waals surface area contributed by atoms with Gasteiger partial charge in [0.15, 0.2) is 0 Å². The lowest BCUT2D eigenvalue weighted by Crippen LogP contribution is -2.57. The average molecular weight is 479 g/mol. The number of nitrogens with zero attached hydrogens (tertiary/aromatic N) is 2. The minimum atomic E-state index is -0.602. The van der Waals surface area contributed by atoms with E-state index in [4.69, 9.17) is 0 Å². The highest BCUT2D eigenvalue weighted by Crippen LogP contribution is 2.19. The summed E-state index contributed by atoms with van der Waals surface area (Å²) in [5.74, 6) is -0.203. The number of hydrogen-bond donors (Lipinski definition) is 2. The maximum Gasteiger partial charge on any atom is 0.246 e. The summed E-state index contributed by atoms with van der Waals surface area (Å²) in [5.41, 5.74) is 0.614. The maximum atomic E-state index is 13.5. The Morgan fingerprint density at radius 2 is 1.74 bits per heavy atom. The molecule has 0 bridgehead atoms. The zero-order valence-electron chi connectivity index (χ0n) is 22.9. The van der Waals surface area contributed by atoms with Crippen molar-refractivity contribution in [2.75, 3.05) is 27.2 Å². The third kappa shape index (κ3) is 9.40. The number of nitrogens with one attached hydrogen (secondary N) is 2. The molecule has 7 heteroatoms. The van der Waals surface area contributed by atoms with Crippen LogP contribution in [0.5, 0.6) is 0 Å². The lowest BCUT2D eigenvalue weighted by atomic mass is 9.96. The van der Waals surface area contributed by atoms with Crippen molar-refractivity contribution in [3.05, 3.63) is 11.6 Å². The van der Waals surface area contributed by atoms with E-state index in [0.29, 0.717) is 12.1 Å². The number of hydrogen-bond acceptors (Lipinski definition) is 4. The van der Waals surface area contributed by atoms with Gasteiger partial charge in [0.2, 0.25) is 17.7 Å². The first-order valence-electron chi connectivity index (χ1n) is 13.2. The van der Waals surface area contributed by atoms with Gasteiger partial charge in [-0.05, 0) is 51.6 Å². The smallest absolute Gasteiger partial charge is 0.246 e. The molecular formula is C27H50N4O3. The Morgan fingerprint density at radius 3 is 2.29 bits per heavy atom. The van der Waals surface area contributed by atoms with Gasteiger partial charge in [0.05, 0.1) is 12.1 Å². The highest BCUT2D eigenvalue weighted by atomic mass is 16.2. The summed E-state index contributed by atoms with van der Waals surface area (Å²) in [4.78, 5) is 42.9. The predicted octanol–water partition coefficient (Wildman–Crippen LogP) is 3.74. The number of amides is 3. The monoisotopic (exact) mass is 478 g/mol. The number of likely N-dealkylation sites (tertiary alicyclic amines) is 1. The molecule has 0 aromatic heterocycles. The molecule has 0 unspecified atom stereocenters. The zero-order chi connectivity index (χ0) is 25.8. The van der Waals surface area contributed by atoms with Crippen LogP contribution in [0.25, 0.3) is 0 Å². The second kappa shape index (κ2) is 15.2. The van der Waals surface area contributed by atoms with E-state index < -0.39 is 6.04 Å². The van der Waals surface area contributed by atoms with E-state index in [1.807, 2.05) is 40.8 Å². The third-order valence-electron chi connectivity index (χ3n) is 6.88. The molecule has 1 rings (SSSR count). The van der Waals surface area contributed by atoms with E-state index in [2.05, 4.69) is 22.5 Å². The van der Waals surface area contributed by atoms with Gasteiger partial charge in [-0.25, -0.2) is 0 Å². The molecule has 0 aliphatic carbocycles. The molecule has 3 atom stereocenters. The molecule has 1 saturated heterocycles. The van der Waals surface area contributed by atoms with Crippen molar-refractivity contribution >= 4 is 17.7 Å². The van der Waals surface area contributed by atoms with Crippen LogP contribution >= 0.6 is 0 Å². The van der Waals surface area contributed by atoms with Crippen molar-refractivity contribution in [2.45, 2.75) is 105 Å². The Bertz CT molecular complexity index is 689. The second-order valence-electron chi connectivity index (χ2n) is 10.6. The Hall–Kier alpha value is -1.89. The molecule has 0 radical (unpaired) electrons. The van der Waals surface area contributed by atoms with Crippen LogP contribution in [0.2, 0.25) is 0 Å². The maximum absolute atomic E-state index is 13.5. The van der Waals surface area contributed by atoms with E-state index in [1.165, 1.54) is 12.8 Å². The molecule has 0 spiro atoms. The Balaban J connectivity index is 2.88. The normalized spacial score (nSPS) is 19.1. The van der Waals surface area contributed by atoms with Gasteiger partial charge < -0.3 is 15.5 Å². The van der Waals surface area contributed by atoms with Gasteiger partial charge >= 0.3 is 0 Å². The minimum absolute atomic E-state index is 0.0443. The highest BCUT2D eigenvalue weighted by Gasteiger charge is 2.34. The van der Waals surface area contributed by atoms with Crippen LogP contribution in [0.15, 0.2) is 11.6 Å². The molecule has 2 N–H and O–H groups in total. The molecule has 7 nitrogen and oxygen atoms in total. The van der Waals surface area contributed by atoms with Gasteiger partial charge in [-0.2, -0.15) is 0 Å². The number of rotatable bonds is 13. The topological polar surface area (TPSA) is 81.8 Å². The molecule has 1 heterocycles. The van der Waals surface area contributed by atoms with E-state index >= 15 is 0 Å². The largest absolute Gasteiger partial charge is 0.352 e. The molecule has 34 heavy (non-hydrogen) atoms. The fraction of sp³-hybridized carbons (Fsp3) is 0.815. The van der Waals surface area contributed by atoms with Crippen molar-refractivity contribution in [1.29, 1.82) is 0 Å². The first kappa shape index (κ1) is 30.1. The summed E-state index contributed by atoms with van der Waals surface area (Å²) >= 11 is 0. The molecule has 0 saturated carbocycles. The van der Waals surface area contributed by atoms with Gasteiger partial charge in [0.1, 0.15) is 6.04 Å². The summed E-state index contributed by atoms with van der Waals surface area (Å²) in [7, 11) is 3.74. The second-order valence-corrected chi connectivity index (χ2v) is 10.6. The summed E-state index contributed by atoms with van der Waals surface area (Å²) < 4.78 is 0. The molecule has 0 aromatic rings. The van der Waals surface area contributed by atoms with Gasteiger partial charge in [-0.3, -0.25) is 19.3 Å². The first-order chi connectivity index (χ1) is 16.0. The molecule has 196 valence electrons. The van der Waals surface area contributed by atoms with Crippen molar-refractivity contribution < 1.29 is 14.4 Å². The molecule has 1 aliphatic rings. The van der Waals surface area contributed by atoms with Gasteiger partial charge in [-0.1, -0.05) is 66.4 Å². The van der Waals surface area contributed by atoms with Gasteiger partial charge in [0.25, 0.3) is 0 Å². The van der Waals surface area contributed by atoms with Gasteiger partial charge in [-0.15, -0.1) is 0 Å². The number of carbonyl (C=O) groups is 3. The molecule has 1 aliphatic heterocycles. The predicted molar refractivity (Wildman–Crippen MR) is 139 cm³/mol. The molecular weight excluding hydrogens is 428 g/mol. The molecule has 0 aromatic carbocycles. The zero-order valence-corrected chi connectivity index (χ0v) is 22.9. The molecule has 1 fully saturated rings. The van der Waals surface area contributed by atoms with Crippen LogP contribution < -0.4 is 10.6 Å². The fourth-order valence-electron chi connectivity index (χ4n) is 4.51. The summed E-state index contributed by atoms with van der Waals surface area (Å²) in [6.07, 6.45) is 9.27. The fourth-order valence-corrected chi connectivity index (χ4v) is 4.51. The van der Waals surface area contributed by atoms with E-state index in [9.17, 15) is 14.4 Å². The van der Waals surface area contributed by atoms with Crippen LogP contribution in [0, 0.1) is 11.8 Å². The Kier molecular flexibility index (Phi) is 13.5. The lowest BCUT2D eigenvalue weighted by molar-refractivity contribution is -0.139. The lowest BCUT2D eigenvalue weighted by Gasteiger charge is -2.36. The third-order valence-corrected chi connectivity index (χ3v) is 6.88.